The quantitative estimate of drug-likeness (QED) is 0.883. The molecule has 1 saturated carbocycles. The second kappa shape index (κ2) is 6.40. The molecule has 0 radical (unpaired) electrons. The zero-order valence-corrected chi connectivity index (χ0v) is 12.8. The smallest absolute Gasteiger partial charge is 0.227 e. The molecule has 2 rings (SSSR count). The van der Waals surface area contributed by atoms with E-state index in [9.17, 15) is 4.79 Å². The summed E-state index contributed by atoms with van der Waals surface area (Å²) in [6, 6.07) is 6.21. The SMILES string of the molecule is Cc1cccc(C(C)C)c1NC(=O)C1CCCC1CN. The molecule has 2 atom stereocenters. The molecule has 3 nitrogen and oxygen atoms in total. The Kier molecular flexibility index (Phi) is 4.81. The van der Waals surface area contributed by atoms with Crippen LogP contribution < -0.4 is 11.1 Å². The van der Waals surface area contributed by atoms with Gasteiger partial charge in [0.1, 0.15) is 0 Å². The Balaban J connectivity index is 2.19. The summed E-state index contributed by atoms with van der Waals surface area (Å²) >= 11 is 0. The first kappa shape index (κ1) is 15.0. The predicted molar refractivity (Wildman–Crippen MR) is 83.8 cm³/mol. The maximum atomic E-state index is 12.5. The Hall–Kier alpha value is -1.35. The summed E-state index contributed by atoms with van der Waals surface area (Å²) in [4.78, 5) is 12.5. The number of benzene rings is 1. The van der Waals surface area contributed by atoms with Gasteiger partial charge in [-0.1, -0.05) is 38.5 Å². The van der Waals surface area contributed by atoms with Gasteiger partial charge in [-0.3, -0.25) is 4.79 Å². The maximum Gasteiger partial charge on any atom is 0.227 e. The lowest BCUT2D eigenvalue weighted by atomic mass is 9.94. The van der Waals surface area contributed by atoms with E-state index in [2.05, 4.69) is 44.3 Å². The Labute approximate surface area is 121 Å². The highest BCUT2D eigenvalue weighted by Gasteiger charge is 2.32. The van der Waals surface area contributed by atoms with E-state index in [0.717, 1.165) is 30.5 Å². The molecule has 0 aromatic heterocycles. The summed E-state index contributed by atoms with van der Waals surface area (Å²) in [6.07, 6.45) is 3.17. The highest BCUT2D eigenvalue weighted by atomic mass is 16.1. The van der Waals surface area contributed by atoms with Gasteiger partial charge in [-0.2, -0.15) is 0 Å². The molecular weight excluding hydrogens is 248 g/mol. The summed E-state index contributed by atoms with van der Waals surface area (Å²) in [5.74, 6) is 0.981. The van der Waals surface area contributed by atoms with Gasteiger partial charge in [0.25, 0.3) is 0 Å². The third-order valence-electron chi connectivity index (χ3n) is 4.47. The van der Waals surface area contributed by atoms with Gasteiger partial charge in [-0.15, -0.1) is 0 Å². The van der Waals surface area contributed by atoms with E-state index < -0.39 is 0 Å². The number of aryl methyl sites for hydroxylation is 1. The average Bonchev–Trinajstić information content (AvgIpc) is 2.89. The molecule has 1 aromatic rings. The van der Waals surface area contributed by atoms with Crippen LogP contribution in [0.2, 0.25) is 0 Å². The van der Waals surface area contributed by atoms with Crippen LogP contribution in [0.25, 0.3) is 0 Å². The summed E-state index contributed by atoms with van der Waals surface area (Å²) < 4.78 is 0. The number of nitrogens with one attached hydrogen (secondary N) is 1. The molecule has 1 aliphatic rings. The number of hydrogen-bond donors (Lipinski definition) is 2. The molecular formula is C17H26N2O. The lowest BCUT2D eigenvalue weighted by molar-refractivity contribution is -0.120. The molecule has 0 bridgehead atoms. The fraction of sp³-hybridized carbons (Fsp3) is 0.588. The predicted octanol–water partition coefficient (Wildman–Crippen LogP) is 3.43. The van der Waals surface area contributed by atoms with Crippen molar-refractivity contribution in [3.05, 3.63) is 29.3 Å². The zero-order chi connectivity index (χ0) is 14.7. The molecule has 110 valence electrons. The van der Waals surface area contributed by atoms with E-state index in [1.54, 1.807) is 0 Å². The van der Waals surface area contributed by atoms with E-state index in [0.29, 0.717) is 18.4 Å². The summed E-state index contributed by atoms with van der Waals surface area (Å²) in [6.45, 7) is 6.98. The lowest BCUT2D eigenvalue weighted by Gasteiger charge is -2.21. The van der Waals surface area contributed by atoms with Gasteiger partial charge >= 0.3 is 0 Å². The van der Waals surface area contributed by atoms with E-state index in [-0.39, 0.29) is 11.8 Å². The number of rotatable bonds is 4. The number of anilines is 1. The molecule has 1 amide bonds. The summed E-state index contributed by atoms with van der Waals surface area (Å²) in [5, 5.41) is 3.17. The van der Waals surface area contributed by atoms with E-state index in [1.807, 2.05) is 0 Å². The number of carbonyl (C=O) groups excluding carboxylic acids is 1. The van der Waals surface area contributed by atoms with Gasteiger partial charge in [-0.25, -0.2) is 0 Å². The monoisotopic (exact) mass is 274 g/mol. The van der Waals surface area contributed by atoms with Crippen LogP contribution in [0.3, 0.4) is 0 Å². The Morgan fingerprint density at radius 2 is 2.15 bits per heavy atom. The van der Waals surface area contributed by atoms with Crippen LogP contribution in [-0.2, 0) is 4.79 Å². The third-order valence-corrected chi connectivity index (χ3v) is 4.47. The molecule has 3 N–H and O–H groups in total. The van der Waals surface area contributed by atoms with Crippen molar-refractivity contribution in [2.24, 2.45) is 17.6 Å². The first-order chi connectivity index (χ1) is 9.54. The molecule has 1 fully saturated rings. The number of nitrogens with two attached hydrogens (primary N) is 1. The maximum absolute atomic E-state index is 12.5. The molecule has 1 aromatic carbocycles. The normalized spacial score (nSPS) is 22.2. The number of amides is 1. The van der Waals surface area contributed by atoms with Gasteiger partial charge in [0, 0.05) is 11.6 Å². The van der Waals surface area contributed by atoms with Gasteiger partial charge in [0.2, 0.25) is 5.91 Å². The van der Waals surface area contributed by atoms with Gasteiger partial charge in [0.15, 0.2) is 0 Å². The van der Waals surface area contributed by atoms with Gasteiger partial charge in [0.05, 0.1) is 0 Å². The van der Waals surface area contributed by atoms with E-state index in [1.165, 1.54) is 5.56 Å². The average molecular weight is 274 g/mol. The van der Waals surface area contributed by atoms with Gasteiger partial charge < -0.3 is 11.1 Å². The molecule has 0 saturated heterocycles. The largest absolute Gasteiger partial charge is 0.330 e. The molecule has 0 aliphatic heterocycles. The highest BCUT2D eigenvalue weighted by Crippen LogP contribution is 2.33. The van der Waals surface area contributed by atoms with Crippen molar-refractivity contribution in [2.75, 3.05) is 11.9 Å². The van der Waals surface area contributed by atoms with Crippen molar-refractivity contribution in [1.29, 1.82) is 0 Å². The fourth-order valence-corrected chi connectivity index (χ4v) is 3.22. The Morgan fingerprint density at radius 1 is 1.40 bits per heavy atom. The van der Waals surface area contributed by atoms with Crippen molar-refractivity contribution in [3.8, 4) is 0 Å². The fourth-order valence-electron chi connectivity index (χ4n) is 3.22. The van der Waals surface area contributed by atoms with Crippen molar-refractivity contribution < 1.29 is 4.79 Å². The van der Waals surface area contributed by atoms with Crippen molar-refractivity contribution in [1.82, 2.24) is 0 Å². The van der Waals surface area contributed by atoms with E-state index in [4.69, 9.17) is 5.73 Å². The van der Waals surface area contributed by atoms with Crippen molar-refractivity contribution in [2.45, 2.75) is 46.0 Å². The van der Waals surface area contributed by atoms with Crippen LogP contribution in [0, 0.1) is 18.8 Å². The van der Waals surface area contributed by atoms with E-state index >= 15 is 0 Å². The molecule has 3 heteroatoms. The molecule has 2 unspecified atom stereocenters. The molecule has 0 heterocycles. The molecule has 20 heavy (non-hydrogen) atoms. The number of hydrogen-bond acceptors (Lipinski definition) is 2. The van der Waals surface area contributed by atoms with Crippen LogP contribution in [0.5, 0.6) is 0 Å². The van der Waals surface area contributed by atoms with Crippen LogP contribution in [0.4, 0.5) is 5.69 Å². The lowest BCUT2D eigenvalue weighted by Crippen LogP contribution is -2.30. The first-order valence-corrected chi connectivity index (χ1v) is 7.65. The van der Waals surface area contributed by atoms with Crippen LogP contribution in [-0.4, -0.2) is 12.5 Å². The minimum absolute atomic E-state index is 0.0830. The topological polar surface area (TPSA) is 55.1 Å². The standard InChI is InChI=1S/C17H26N2O/c1-11(2)14-8-4-6-12(3)16(14)19-17(20)15-9-5-7-13(15)10-18/h4,6,8,11,13,15H,5,7,9-10,18H2,1-3H3,(H,19,20). The third kappa shape index (κ3) is 3.04. The summed E-state index contributed by atoms with van der Waals surface area (Å²) in [5.41, 5.74) is 9.12. The van der Waals surface area contributed by atoms with Crippen molar-refractivity contribution >= 4 is 11.6 Å². The first-order valence-electron chi connectivity index (χ1n) is 7.65. The van der Waals surface area contributed by atoms with Crippen molar-refractivity contribution in [3.63, 3.8) is 0 Å². The van der Waals surface area contributed by atoms with Gasteiger partial charge in [-0.05, 0) is 49.3 Å². The Morgan fingerprint density at radius 3 is 2.80 bits per heavy atom. The summed E-state index contributed by atoms with van der Waals surface area (Å²) in [7, 11) is 0. The zero-order valence-electron chi connectivity index (χ0n) is 12.8. The van der Waals surface area contributed by atoms with Crippen LogP contribution >= 0.6 is 0 Å². The minimum atomic E-state index is 0.0830. The molecule has 0 spiro atoms. The van der Waals surface area contributed by atoms with Crippen LogP contribution in [0.1, 0.15) is 50.2 Å². The minimum Gasteiger partial charge on any atom is -0.330 e. The Bertz CT molecular complexity index is 482. The number of carbonyl (C=O) groups is 1. The van der Waals surface area contributed by atoms with Crippen LogP contribution in [0.15, 0.2) is 18.2 Å². The second-order valence-corrected chi connectivity index (χ2v) is 6.22. The number of para-hydroxylation sites is 1. The highest BCUT2D eigenvalue weighted by molar-refractivity contribution is 5.94. The molecule has 1 aliphatic carbocycles. The second-order valence-electron chi connectivity index (χ2n) is 6.22.